The third-order valence-corrected chi connectivity index (χ3v) is 3.54. The van der Waals surface area contributed by atoms with Crippen molar-refractivity contribution in [2.45, 2.75) is 58.1 Å². The van der Waals surface area contributed by atoms with E-state index in [9.17, 15) is 5.11 Å². The lowest BCUT2D eigenvalue weighted by molar-refractivity contribution is 0.168. The normalized spacial score (nSPS) is 27.9. The van der Waals surface area contributed by atoms with E-state index < -0.39 is 6.10 Å². The van der Waals surface area contributed by atoms with E-state index in [2.05, 4.69) is 17.2 Å². The first-order chi connectivity index (χ1) is 7.70. The second-order valence-corrected chi connectivity index (χ2v) is 4.97. The lowest BCUT2D eigenvalue weighted by atomic mass is 9.87. The van der Waals surface area contributed by atoms with Crippen LogP contribution < -0.4 is 0 Å². The van der Waals surface area contributed by atoms with E-state index in [1.807, 2.05) is 17.8 Å². The van der Waals surface area contributed by atoms with Gasteiger partial charge in [-0.3, -0.25) is 0 Å². The van der Waals surface area contributed by atoms with Crippen LogP contribution in [-0.4, -0.2) is 20.1 Å². The Balaban J connectivity index is 2.06. The van der Waals surface area contributed by atoms with E-state index in [4.69, 9.17) is 0 Å². The van der Waals surface area contributed by atoms with Gasteiger partial charge in [-0.15, -0.1) is 5.10 Å². The number of rotatable bonds is 3. The van der Waals surface area contributed by atoms with Crippen LogP contribution in [0, 0.1) is 5.92 Å². The van der Waals surface area contributed by atoms with E-state index >= 15 is 0 Å². The molecule has 16 heavy (non-hydrogen) atoms. The van der Waals surface area contributed by atoms with Crippen molar-refractivity contribution < 1.29 is 5.11 Å². The zero-order valence-electron chi connectivity index (χ0n) is 10.1. The van der Waals surface area contributed by atoms with Crippen molar-refractivity contribution in [3.05, 3.63) is 11.9 Å². The van der Waals surface area contributed by atoms with Gasteiger partial charge in [-0.1, -0.05) is 31.9 Å². The molecule has 1 aromatic heterocycles. The Kier molecular flexibility index (Phi) is 3.59. The molecule has 0 aliphatic heterocycles. The molecule has 4 nitrogen and oxygen atoms in total. The summed E-state index contributed by atoms with van der Waals surface area (Å²) in [6, 6.07) is 0.481. The van der Waals surface area contributed by atoms with Gasteiger partial charge in [0, 0.05) is 0 Å². The van der Waals surface area contributed by atoms with Gasteiger partial charge in [-0.25, -0.2) is 4.68 Å². The topological polar surface area (TPSA) is 50.9 Å². The molecule has 3 atom stereocenters. The molecule has 0 spiro atoms. The van der Waals surface area contributed by atoms with Crippen molar-refractivity contribution in [3.8, 4) is 0 Å². The molecule has 0 radical (unpaired) electrons. The molecule has 0 aromatic carbocycles. The Morgan fingerprint density at radius 3 is 3.06 bits per heavy atom. The second-order valence-electron chi connectivity index (χ2n) is 4.97. The number of aliphatic hydroxyl groups is 1. The minimum Gasteiger partial charge on any atom is -0.387 e. The molecule has 1 saturated carbocycles. The molecule has 2 rings (SSSR count). The van der Waals surface area contributed by atoms with Crippen LogP contribution in [0.3, 0.4) is 0 Å². The fourth-order valence-corrected chi connectivity index (χ4v) is 2.47. The van der Waals surface area contributed by atoms with Crippen molar-refractivity contribution in [2.75, 3.05) is 0 Å². The third kappa shape index (κ3) is 2.43. The van der Waals surface area contributed by atoms with Gasteiger partial charge < -0.3 is 5.11 Å². The molecule has 4 heteroatoms. The average molecular weight is 223 g/mol. The first-order valence-electron chi connectivity index (χ1n) is 6.30. The average Bonchev–Trinajstić information content (AvgIpc) is 2.77. The molecule has 1 aliphatic rings. The van der Waals surface area contributed by atoms with Crippen LogP contribution in [0.2, 0.25) is 0 Å². The Labute approximate surface area is 96.7 Å². The number of aromatic nitrogens is 3. The zero-order valence-corrected chi connectivity index (χ0v) is 10.1. The van der Waals surface area contributed by atoms with Crippen LogP contribution in [-0.2, 0) is 0 Å². The SMILES string of the molecule is CCC(O)c1cn(C2CCCC(C)C2)nn1. The molecule has 0 bridgehead atoms. The fraction of sp³-hybridized carbons (Fsp3) is 0.833. The largest absolute Gasteiger partial charge is 0.387 e. The maximum Gasteiger partial charge on any atom is 0.111 e. The molecule has 0 saturated heterocycles. The van der Waals surface area contributed by atoms with Gasteiger partial charge in [0.15, 0.2) is 0 Å². The summed E-state index contributed by atoms with van der Waals surface area (Å²) in [4.78, 5) is 0. The van der Waals surface area contributed by atoms with Crippen molar-refractivity contribution in [1.29, 1.82) is 0 Å². The van der Waals surface area contributed by atoms with Crippen molar-refractivity contribution in [3.63, 3.8) is 0 Å². The molecule has 1 heterocycles. The molecule has 1 aromatic rings. The molecule has 3 unspecified atom stereocenters. The maximum atomic E-state index is 9.68. The summed E-state index contributed by atoms with van der Waals surface area (Å²) >= 11 is 0. The van der Waals surface area contributed by atoms with Gasteiger partial charge in [0.2, 0.25) is 0 Å². The fourth-order valence-electron chi connectivity index (χ4n) is 2.47. The monoisotopic (exact) mass is 223 g/mol. The molecule has 1 fully saturated rings. The summed E-state index contributed by atoms with van der Waals surface area (Å²) < 4.78 is 1.95. The van der Waals surface area contributed by atoms with Gasteiger partial charge >= 0.3 is 0 Å². The van der Waals surface area contributed by atoms with E-state index in [0.717, 1.165) is 5.92 Å². The van der Waals surface area contributed by atoms with E-state index in [1.54, 1.807) is 0 Å². The van der Waals surface area contributed by atoms with E-state index in [0.29, 0.717) is 18.2 Å². The smallest absolute Gasteiger partial charge is 0.111 e. The first-order valence-corrected chi connectivity index (χ1v) is 6.30. The van der Waals surface area contributed by atoms with Crippen LogP contribution in [0.5, 0.6) is 0 Å². The van der Waals surface area contributed by atoms with Crippen LogP contribution in [0.1, 0.15) is 63.8 Å². The van der Waals surface area contributed by atoms with Crippen LogP contribution in [0.15, 0.2) is 6.20 Å². The molecule has 1 N–H and O–H groups in total. The summed E-state index contributed by atoms with van der Waals surface area (Å²) in [5.74, 6) is 0.780. The molecular formula is C12H21N3O. The Hall–Kier alpha value is -0.900. The zero-order chi connectivity index (χ0) is 11.5. The van der Waals surface area contributed by atoms with Gasteiger partial charge in [0.05, 0.1) is 18.3 Å². The minimum absolute atomic E-state index is 0.463. The van der Waals surface area contributed by atoms with Crippen molar-refractivity contribution in [1.82, 2.24) is 15.0 Å². The highest BCUT2D eigenvalue weighted by Gasteiger charge is 2.22. The van der Waals surface area contributed by atoms with Crippen molar-refractivity contribution in [2.24, 2.45) is 5.92 Å². The van der Waals surface area contributed by atoms with Crippen molar-refractivity contribution >= 4 is 0 Å². The molecule has 1 aliphatic carbocycles. The predicted molar refractivity (Wildman–Crippen MR) is 61.9 cm³/mol. The highest BCUT2D eigenvalue weighted by Crippen LogP contribution is 2.31. The van der Waals surface area contributed by atoms with Gasteiger partial charge in [0.1, 0.15) is 5.69 Å². The Bertz CT molecular complexity index is 337. The highest BCUT2D eigenvalue weighted by molar-refractivity contribution is 4.98. The van der Waals surface area contributed by atoms with Gasteiger partial charge in [-0.05, 0) is 25.2 Å². The number of aliphatic hydroxyl groups excluding tert-OH is 1. The third-order valence-electron chi connectivity index (χ3n) is 3.54. The second kappa shape index (κ2) is 4.95. The summed E-state index contributed by atoms with van der Waals surface area (Å²) in [7, 11) is 0. The Morgan fingerprint density at radius 2 is 2.38 bits per heavy atom. The lowest BCUT2D eigenvalue weighted by Crippen LogP contribution is -2.18. The number of nitrogens with zero attached hydrogens (tertiary/aromatic N) is 3. The molecule has 0 amide bonds. The summed E-state index contributed by atoms with van der Waals surface area (Å²) in [5.41, 5.74) is 0.709. The molecule has 90 valence electrons. The standard InChI is InChI=1S/C12H21N3O/c1-3-12(16)11-8-15(14-13-11)10-6-4-5-9(2)7-10/h8-10,12,16H,3-7H2,1-2H3. The lowest BCUT2D eigenvalue weighted by Gasteiger charge is -2.26. The summed E-state index contributed by atoms with van der Waals surface area (Å²) in [6.45, 7) is 4.25. The maximum absolute atomic E-state index is 9.68. The summed E-state index contributed by atoms with van der Waals surface area (Å²) in [5, 5.41) is 17.9. The van der Waals surface area contributed by atoms with Gasteiger partial charge in [-0.2, -0.15) is 0 Å². The van der Waals surface area contributed by atoms with Crippen LogP contribution in [0.25, 0.3) is 0 Å². The predicted octanol–water partition coefficient (Wildman–Crippen LogP) is 2.47. The van der Waals surface area contributed by atoms with E-state index in [-0.39, 0.29) is 0 Å². The van der Waals surface area contributed by atoms with E-state index in [1.165, 1.54) is 25.7 Å². The van der Waals surface area contributed by atoms with Crippen LogP contribution >= 0.6 is 0 Å². The van der Waals surface area contributed by atoms with Crippen LogP contribution in [0.4, 0.5) is 0 Å². The molecular weight excluding hydrogens is 202 g/mol. The highest BCUT2D eigenvalue weighted by atomic mass is 16.3. The summed E-state index contributed by atoms with van der Waals surface area (Å²) in [6.07, 6.45) is 7.12. The number of hydrogen-bond donors (Lipinski definition) is 1. The number of hydrogen-bond acceptors (Lipinski definition) is 3. The van der Waals surface area contributed by atoms with Gasteiger partial charge in [0.25, 0.3) is 0 Å². The Morgan fingerprint density at radius 1 is 1.56 bits per heavy atom. The quantitative estimate of drug-likeness (QED) is 0.856. The minimum atomic E-state index is -0.463. The first kappa shape index (κ1) is 11.6.